The van der Waals surface area contributed by atoms with Crippen LogP contribution >= 0.6 is 63.7 Å². The molecule has 746 valence electrons. The van der Waals surface area contributed by atoms with Crippen LogP contribution in [0.25, 0.3) is 142 Å². The topological polar surface area (TPSA) is 29.6 Å². The Balaban J connectivity index is 0.000000159. The molecular formula is C130H168Br4N6. The highest BCUT2D eigenvalue weighted by Gasteiger charge is 2.24. The number of aryl methyl sites for hydroxylation is 6. The fourth-order valence-electron chi connectivity index (χ4n) is 23.1. The van der Waals surface area contributed by atoms with Gasteiger partial charge in [-0.1, -0.05) is 473 Å². The second-order valence-electron chi connectivity index (χ2n) is 41.7. The Labute approximate surface area is 875 Å². The van der Waals surface area contributed by atoms with E-state index in [-0.39, 0.29) is 0 Å². The standard InChI is InChI=1S/C46H52N2.2C42H58Br2N2/c1-3-5-7-9-11-15-21-35-27-29-39-41-33-46-42(34-45(41)47(43(39)31-35)37-23-17-13-18-24-37)40-30-28-36(22-16-12-10-8-6-4-2)32-44(40)48(46)38-25-19-14-20-26-38;1-3-5-7-9-11-13-15-17-19-21-27-45-39-25-23-33(43)29-35(39)37-32-42-38(31-41(37)45)36-30-34(44)24-26-40(36)46(42)28-22-20-18-16-14-12-10-8-6-4-2;1-3-5-7-9-11-13-15-17-19-21-27-45-39-29-33(43)23-25-35(39)37-32-42-38(31-41(37)45)36-26-24-34(44)30-40(36)46(42)28-22-20-18-16-14-12-10-8-6-4-2/h13-14,17-20,23-34H,3-12,15-16,21-22H2,1-2H3;2*23-26,29-32H,3-22,27-28H2,1-2H3. The van der Waals surface area contributed by atoms with Crippen molar-refractivity contribution >= 4 is 195 Å². The summed E-state index contributed by atoms with van der Waals surface area (Å²) in [4.78, 5) is 0. The molecule has 0 bridgehead atoms. The number of para-hydroxylation sites is 2. The van der Waals surface area contributed by atoms with Gasteiger partial charge in [0.05, 0.1) is 33.1 Å². The Morgan fingerprint density at radius 2 is 0.357 bits per heavy atom. The molecule has 6 nitrogen and oxygen atoms in total. The number of halogens is 4. The van der Waals surface area contributed by atoms with Crippen LogP contribution in [0.2, 0.25) is 0 Å². The summed E-state index contributed by atoms with van der Waals surface area (Å²) < 4.78 is 20.1. The van der Waals surface area contributed by atoms with Gasteiger partial charge in [-0.25, -0.2) is 0 Å². The number of unbranched alkanes of at least 4 members (excludes halogenated alkanes) is 46. The van der Waals surface area contributed by atoms with E-state index in [1.807, 2.05) is 0 Å². The fraction of sp³-hybridized carbons (Fsp3) is 0.492. The maximum Gasteiger partial charge on any atom is 0.0548 e. The quantitative estimate of drug-likeness (QED) is 0.0340. The average Bonchev–Trinajstić information content (AvgIpc) is 1.58. The van der Waals surface area contributed by atoms with Crippen LogP contribution in [-0.2, 0) is 39.0 Å². The van der Waals surface area contributed by atoms with E-state index in [2.05, 4.69) is 339 Å². The highest BCUT2D eigenvalue weighted by atomic mass is 79.9. The average molecular weight is 2130 g/mol. The number of benzene rings is 11. The molecule has 0 amide bonds. The Bertz CT molecular complexity index is 6280. The van der Waals surface area contributed by atoms with E-state index in [4.69, 9.17) is 0 Å². The van der Waals surface area contributed by atoms with Crippen molar-refractivity contribution in [2.75, 3.05) is 0 Å². The minimum absolute atomic E-state index is 1.08. The van der Waals surface area contributed by atoms with Gasteiger partial charge >= 0.3 is 0 Å². The molecule has 11 aromatic carbocycles. The Hall–Kier alpha value is -7.86. The first-order chi connectivity index (χ1) is 69.0. The third-order valence-corrected chi connectivity index (χ3v) is 32.9. The number of aromatic nitrogens is 6. The molecule has 10 heteroatoms. The first-order valence-electron chi connectivity index (χ1n) is 56.8. The number of hydrogen-bond acceptors (Lipinski definition) is 0. The maximum atomic E-state index is 3.79. The third-order valence-electron chi connectivity index (χ3n) is 30.9. The van der Waals surface area contributed by atoms with Crippen molar-refractivity contribution in [3.8, 4) is 11.4 Å². The molecule has 140 heavy (non-hydrogen) atoms. The third kappa shape index (κ3) is 28.1. The van der Waals surface area contributed by atoms with E-state index in [1.54, 1.807) is 0 Å². The van der Waals surface area contributed by atoms with Gasteiger partial charge in [-0.15, -0.1) is 0 Å². The molecule has 0 aliphatic carbocycles. The van der Waals surface area contributed by atoms with Crippen LogP contribution in [0.3, 0.4) is 0 Å². The highest BCUT2D eigenvalue weighted by molar-refractivity contribution is 9.11. The van der Waals surface area contributed by atoms with E-state index in [9.17, 15) is 0 Å². The summed E-state index contributed by atoms with van der Waals surface area (Å²) in [7, 11) is 0. The van der Waals surface area contributed by atoms with E-state index in [0.717, 1.165) is 56.9 Å². The van der Waals surface area contributed by atoms with Crippen LogP contribution in [0.1, 0.15) is 387 Å². The van der Waals surface area contributed by atoms with Gasteiger partial charge in [0, 0.05) is 153 Å². The summed E-state index contributed by atoms with van der Waals surface area (Å²) >= 11 is 15.2. The van der Waals surface area contributed by atoms with Crippen molar-refractivity contribution in [2.45, 2.75) is 414 Å². The van der Waals surface area contributed by atoms with Gasteiger partial charge in [-0.2, -0.15) is 0 Å². The lowest BCUT2D eigenvalue weighted by molar-refractivity contribution is 0.541. The first-order valence-corrected chi connectivity index (χ1v) is 60.0. The molecule has 0 saturated heterocycles. The minimum atomic E-state index is 1.08. The van der Waals surface area contributed by atoms with Crippen molar-refractivity contribution in [3.63, 3.8) is 0 Å². The van der Waals surface area contributed by atoms with Crippen LogP contribution in [0.4, 0.5) is 0 Å². The SMILES string of the molecule is CCCCCCCCCCCCn1c2cc(Br)ccc2c2cc3c(cc21)c1ccc(Br)cc1n3CCCCCCCCCCCC.CCCCCCCCCCCCn1c2ccc(Br)cc2c2cc3c(cc21)c1cc(Br)ccc1n3CCCCCCCCCCCC.CCCCCCCCc1ccc2c3cc4c(cc3n(-c3ccccc3)c2c1)c1ccc(CCCCCCCC)cc1n4-c1ccccc1. The normalized spacial score (nSPS) is 12.0. The van der Waals surface area contributed by atoms with Gasteiger partial charge in [0.15, 0.2) is 0 Å². The molecule has 6 aromatic heterocycles. The Morgan fingerprint density at radius 1 is 0.157 bits per heavy atom. The first kappa shape index (κ1) is 106. The second kappa shape index (κ2) is 56.6. The molecule has 0 N–H and O–H groups in total. The van der Waals surface area contributed by atoms with Crippen LogP contribution in [0.15, 0.2) is 224 Å². The van der Waals surface area contributed by atoms with Crippen molar-refractivity contribution < 1.29 is 0 Å². The lowest BCUT2D eigenvalue weighted by Gasteiger charge is -2.10. The van der Waals surface area contributed by atoms with Gasteiger partial charge in [-0.05, 0) is 196 Å². The van der Waals surface area contributed by atoms with Crippen molar-refractivity contribution in [1.29, 1.82) is 0 Å². The van der Waals surface area contributed by atoms with Crippen molar-refractivity contribution in [2.24, 2.45) is 0 Å². The molecule has 0 aliphatic rings. The predicted molar refractivity (Wildman–Crippen MR) is 632 cm³/mol. The van der Waals surface area contributed by atoms with Gasteiger partial charge in [-0.3, -0.25) is 0 Å². The molecule has 17 rings (SSSR count). The molecule has 0 fully saturated rings. The van der Waals surface area contributed by atoms with Gasteiger partial charge in [0.1, 0.15) is 0 Å². The molecule has 0 atom stereocenters. The maximum absolute atomic E-state index is 3.79. The molecule has 0 radical (unpaired) electrons. The number of rotatable bonds is 60. The second-order valence-corrected chi connectivity index (χ2v) is 45.4. The largest absolute Gasteiger partial charge is 0.340 e. The summed E-state index contributed by atoms with van der Waals surface area (Å²) in [5, 5.41) is 16.4. The van der Waals surface area contributed by atoms with Crippen LogP contribution in [-0.4, -0.2) is 27.4 Å². The zero-order valence-corrected chi connectivity index (χ0v) is 93.2. The van der Waals surface area contributed by atoms with Gasteiger partial charge < -0.3 is 27.4 Å². The summed E-state index contributed by atoms with van der Waals surface area (Å²) in [6.45, 7) is 18.1. The van der Waals surface area contributed by atoms with E-state index in [0.29, 0.717) is 0 Å². The van der Waals surface area contributed by atoms with Gasteiger partial charge in [0.25, 0.3) is 0 Å². The van der Waals surface area contributed by atoms with E-state index >= 15 is 0 Å². The van der Waals surface area contributed by atoms with Crippen molar-refractivity contribution in [1.82, 2.24) is 27.4 Å². The van der Waals surface area contributed by atoms with Gasteiger partial charge in [0.2, 0.25) is 0 Å². The van der Waals surface area contributed by atoms with Crippen LogP contribution in [0.5, 0.6) is 0 Å². The fourth-order valence-corrected chi connectivity index (χ4v) is 24.5. The zero-order chi connectivity index (χ0) is 97.0. The van der Waals surface area contributed by atoms with E-state index < -0.39 is 0 Å². The van der Waals surface area contributed by atoms with Crippen molar-refractivity contribution in [3.05, 3.63) is 235 Å². The number of hydrogen-bond donors (Lipinski definition) is 0. The summed E-state index contributed by atoms with van der Waals surface area (Å²) in [5.74, 6) is 0. The summed E-state index contributed by atoms with van der Waals surface area (Å²) in [6.07, 6.45) is 73.1. The lowest BCUT2D eigenvalue weighted by Crippen LogP contribution is -1.99. The highest BCUT2D eigenvalue weighted by Crippen LogP contribution is 2.45. The smallest absolute Gasteiger partial charge is 0.0548 e. The molecule has 6 heterocycles. The molecule has 17 aromatic rings. The Morgan fingerprint density at radius 3 is 0.650 bits per heavy atom. The molecule has 0 spiro atoms. The number of nitrogens with zero attached hydrogens (tertiary/aromatic N) is 6. The molecule has 0 unspecified atom stereocenters. The molecular weight excluding hydrogens is 1970 g/mol. The van der Waals surface area contributed by atoms with Crippen LogP contribution in [0, 0.1) is 0 Å². The molecule has 0 saturated carbocycles. The summed E-state index contributed by atoms with van der Waals surface area (Å²) in [5.41, 5.74) is 21.5. The monoisotopic (exact) mass is 2130 g/mol. The van der Waals surface area contributed by atoms with Crippen LogP contribution < -0.4 is 0 Å². The predicted octanol–water partition coefficient (Wildman–Crippen LogP) is 44.2. The van der Waals surface area contributed by atoms with E-state index in [1.165, 1.54) is 487 Å². The minimum Gasteiger partial charge on any atom is -0.340 e. The zero-order valence-electron chi connectivity index (χ0n) is 86.8. The number of fused-ring (bicyclic) bond motifs is 18. The molecule has 0 aliphatic heterocycles. The Kier molecular flexibility index (Phi) is 43.0. The summed E-state index contributed by atoms with van der Waals surface area (Å²) in [6, 6.07) is 78.9. The lowest BCUT2D eigenvalue weighted by atomic mass is 10.0.